The first-order valence-corrected chi connectivity index (χ1v) is 9.86. The molecule has 1 aromatic heterocycles. The van der Waals surface area contributed by atoms with Gasteiger partial charge >= 0.3 is 0 Å². The van der Waals surface area contributed by atoms with Gasteiger partial charge < -0.3 is 9.73 Å². The summed E-state index contributed by atoms with van der Waals surface area (Å²) in [4.78, 5) is 15.1. The van der Waals surface area contributed by atoms with Crippen molar-refractivity contribution in [3.63, 3.8) is 0 Å². The molecule has 0 aliphatic heterocycles. The maximum atomic E-state index is 12.3. The molecule has 0 fully saturated rings. The van der Waals surface area contributed by atoms with E-state index in [1.165, 1.54) is 0 Å². The lowest BCUT2D eigenvalue weighted by Gasteiger charge is -2.15. The fourth-order valence-corrected chi connectivity index (χ4v) is 3.30. The number of amides is 1. The molecule has 6 nitrogen and oxygen atoms in total. The molecular formula is C19H19ClN4O2S. The molecule has 1 amide bonds. The van der Waals surface area contributed by atoms with Crippen LogP contribution < -0.4 is 5.32 Å². The zero-order valence-electron chi connectivity index (χ0n) is 15.0. The van der Waals surface area contributed by atoms with Gasteiger partial charge in [0.1, 0.15) is 0 Å². The number of likely N-dealkylation sites (N-methyl/N-ethyl adjacent to an activating group) is 1. The van der Waals surface area contributed by atoms with Crippen molar-refractivity contribution in [2.24, 2.45) is 0 Å². The maximum Gasteiger partial charge on any atom is 0.249 e. The molecular weight excluding hydrogens is 384 g/mol. The van der Waals surface area contributed by atoms with Gasteiger partial charge in [-0.25, -0.2) is 0 Å². The second kappa shape index (κ2) is 9.03. The van der Waals surface area contributed by atoms with Gasteiger partial charge in [0.2, 0.25) is 17.7 Å². The van der Waals surface area contributed by atoms with Gasteiger partial charge in [0.25, 0.3) is 0 Å². The Hall–Kier alpha value is -2.35. The molecule has 0 aliphatic carbocycles. The molecule has 0 saturated carbocycles. The van der Waals surface area contributed by atoms with Gasteiger partial charge in [-0.15, -0.1) is 22.0 Å². The van der Waals surface area contributed by atoms with Crippen molar-refractivity contribution < 1.29 is 9.21 Å². The van der Waals surface area contributed by atoms with E-state index in [-0.39, 0.29) is 12.5 Å². The molecule has 0 unspecified atom stereocenters. The number of anilines is 1. The highest BCUT2D eigenvalue weighted by Gasteiger charge is 2.15. The van der Waals surface area contributed by atoms with Gasteiger partial charge in [-0.2, -0.15) is 0 Å². The maximum absolute atomic E-state index is 12.3. The Balaban J connectivity index is 1.59. The number of nitrogens with one attached hydrogen (secondary N) is 1. The predicted molar refractivity (Wildman–Crippen MR) is 108 cm³/mol. The monoisotopic (exact) mass is 402 g/mol. The molecule has 0 radical (unpaired) electrons. The van der Waals surface area contributed by atoms with Crippen LogP contribution in [0.2, 0.25) is 5.02 Å². The van der Waals surface area contributed by atoms with Gasteiger partial charge in [-0.3, -0.25) is 9.69 Å². The molecule has 0 bridgehead atoms. The summed E-state index contributed by atoms with van der Waals surface area (Å²) < 4.78 is 5.67. The first-order chi connectivity index (χ1) is 13.1. The Morgan fingerprint density at radius 2 is 1.93 bits per heavy atom. The highest BCUT2D eigenvalue weighted by atomic mass is 35.5. The number of carbonyl (C=O) groups is 1. The Morgan fingerprint density at radius 3 is 2.70 bits per heavy atom. The van der Waals surface area contributed by atoms with Crippen LogP contribution in [-0.4, -0.2) is 40.9 Å². The van der Waals surface area contributed by atoms with Crippen LogP contribution in [0.3, 0.4) is 0 Å². The second-order valence-corrected chi connectivity index (χ2v) is 7.16. The van der Waals surface area contributed by atoms with Crippen LogP contribution in [0, 0.1) is 0 Å². The highest BCUT2D eigenvalue weighted by molar-refractivity contribution is 7.98. The quantitative estimate of drug-likeness (QED) is 0.597. The van der Waals surface area contributed by atoms with Crippen molar-refractivity contribution in [1.82, 2.24) is 15.1 Å². The second-order valence-electron chi connectivity index (χ2n) is 5.90. The Morgan fingerprint density at radius 1 is 1.19 bits per heavy atom. The topological polar surface area (TPSA) is 71.3 Å². The third-order valence-electron chi connectivity index (χ3n) is 3.77. The lowest BCUT2D eigenvalue weighted by atomic mass is 10.2. The molecule has 0 atom stereocenters. The van der Waals surface area contributed by atoms with E-state index in [0.29, 0.717) is 28.9 Å². The number of thioether (sulfide) groups is 1. The largest absolute Gasteiger partial charge is 0.419 e. The van der Waals surface area contributed by atoms with Crippen molar-refractivity contribution in [2.75, 3.05) is 25.2 Å². The first kappa shape index (κ1) is 19.4. The highest BCUT2D eigenvalue weighted by Crippen LogP contribution is 2.26. The predicted octanol–water partition coefficient (Wildman–Crippen LogP) is 4.18. The van der Waals surface area contributed by atoms with E-state index in [1.54, 1.807) is 22.7 Å². The Bertz CT molecular complexity index is 931. The van der Waals surface area contributed by atoms with Crippen LogP contribution in [0.5, 0.6) is 0 Å². The van der Waals surface area contributed by atoms with Crippen LogP contribution in [0.1, 0.15) is 5.89 Å². The number of hydrogen-bond acceptors (Lipinski definition) is 6. The lowest BCUT2D eigenvalue weighted by molar-refractivity contribution is -0.117. The van der Waals surface area contributed by atoms with Gasteiger partial charge in [-0.1, -0.05) is 35.9 Å². The fourth-order valence-electron chi connectivity index (χ4n) is 2.53. The molecule has 8 heteroatoms. The summed E-state index contributed by atoms with van der Waals surface area (Å²) in [7, 11) is 1.82. The van der Waals surface area contributed by atoms with Crippen LogP contribution in [0.15, 0.2) is 57.8 Å². The van der Waals surface area contributed by atoms with Crippen LogP contribution >= 0.6 is 23.4 Å². The minimum atomic E-state index is -0.107. The van der Waals surface area contributed by atoms with Crippen LogP contribution in [-0.2, 0) is 11.3 Å². The number of aromatic nitrogens is 2. The van der Waals surface area contributed by atoms with Crippen molar-refractivity contribution >= 4 is 35.0 Å². The molecule has 0 aliphatic rings. The average Bonchev–Trinajstić information content (AvgIpc) is 3.10. The summed E-state index contributed by atoms with van der Waals surface area (Å²) in [6.07, 6.45) is 1.98. The molecule has 1 heterocycles. The SMILES string of the molecule is CSc1ccccc1NC(=O)CN(C)Cc1nnc(-c2ccccc2Cl)o1. The summed E-state index contributed by atoms with van der Waals surface area (Å²) >= 11 is 7.74. The number of rotatable bonds is 7. The van der Waals surface area contributed by atoms with Gasteiger partial charge in [-0.05, 0) is 37.6 Å². The summed E-state index contributed by atoms with van der Waals surface area (Å²) in [5, 5.41) is 11.6. The normalized spacial score (nSPS) is 11.0. The molecule has 3 rings (SSSR count). The van der Waals surface area contributed by atoms with Gasteiger partial charge in [0, 0.05) is 4.90 Å². The summed E-state index contributed by atoms with van der Waals surface area (Å²) in [5.41, 5.74) is 1.49. The number of benzene rings is 2. The molecule has 3 aromatic rings. The number of nitrogens with zero attached hydrogens (tertiary/aromatic N) is 3. The van der Waals surface area contributed by atoms with Crippen LogP contribution in [0.4, 0.5) is 5.69 Å². The van der Waals surface area contributed by atoms with Crippen LogP contribution in [0.25, 0.3) is 11.5 Å². The smallest absolute Gasteiger partial charge is 0.249 e. The van der Waals surface area contributed by atoms with E-state index in [0.717, 1.165) is 10.6 Å². The van der Waals surface area contributed by atoms with E-state index < -0.39 is 0 Å². The Labute approximate surface area is 166 Å². The summed E-state index contributed by atoms with van der Waals surface area (Å²) in [6.45, 7) is 0.557. The van der Waals surface area contributed by atoms with E-state index in [9.17, 15) is 4.79 Å². The van der Waals surface area contributed by atoms with Gasteiger partial charge in [0.05, 0.1) is 29.4 Å². The Kier molecular flexibility index (Phi) is 6.49. The molecule has 27 heavy (non-hydrogen) atoms. The minimum absolute atomic E-state index is 0.107. The van der Waals surface area contributed by atoms with E-state index in [2.05, 4.69) is 15.5 Å². The third kappa shape index (κ3) is 5.09. The molecule has 140 valence electrons. The van der Waals surface area contributed by atoms with E-state index in [4.69, 9.17) is 16.0 Å². The van der Waals surface area contributed by atoms with Crippen molar-refractivity contribution in [3.05, 3.63) is 59.4 Å². The minimum Gasteiger partial charge on any atom is -0.419 e. The van der Waals surface area contributed by atoms with Crippen molar-refractivity contribution in [3.8, 4) is 11.5 Å². The zero-order valence-corrected chi connectivity index (χ0v) is 16.5. The fraction of sp³-hybridized carbons (Fsp3) is 0.211. The number of carbonyl (C=O) groups excluding carboxylic acids is 1. The lowest BCUT2D eigenvalue weighted by Crippen LogP contribution is -2.30. The summed E-state index contributed by atoms with van der Waals surface area (Å²) in [6, 6.07) is 15.0. The third-order valence-corrected chi connectivity index (χ3v) is 4.90. The van der Waals surface area contributed by atoms with Gasteiger partial charge in [0.15, 0.2) is 0 Å². The molecule has 2 aromatic carbocycles. The molecule has 0 saturated heterocycles. The average molecular weight is 403 g/mol. The van der Waals surface area contributed by atoms with Crippen molar-refractivity contribution in [2.45, 2.75) is 11.4 Å². The zero-order chi connectivity index (χ0) is 19.2. The number of hydrogen-bond donors (Lipinski definition) is 1. The molecule has 1 N–H and O–H groups in total. The van der Waals surface area contributed by atoms with Crippen molar-refractivity contribution in [1.29, 1.82) is 0 Å². The first-order valence-electron chi connectivity index (χ1n) is 8.25. The van der Waals surface area contributed by atoms with E-state index >= 15 is 0 Å². The molecule has 0 spiro atoms. The summed E-state index contributed by atoms with van der Waals surface area (Å²) in [5.74, 6) is 0.678. The number of para-hydroxylation sites is 1. The van der Waals surface area contributed by atoms with E-state index in [1.807, 2.05) is 55.8 Å². The number of halogens is 1. The standard InChI is InChI=1S/C19H19ClN4O2S/c1-24(11-17(25)21-15-9-5-6-10-16(15)27-2)12-18-22-23-19(26-18)13-7-3-4-8-14(13)20/h3-10H,11-12H2,1-2H3,(H,21,25).